The van der Waals surface area contributed by atoms with Gasteiger partial charge in [0.25, 0.3) is 0 Å². The number of nitrogens with zero attached hydrogens (tertiary/aromatic N) is 3. The van der Waals surface area contributed by atoms with Crippen LogP contribution in [0.3, 0.4) is 0 Å². The van der Waals surface area contributed by atoms with Crippen molar-refractivity contribution >= 4 is 40.4 Å². The fourth-order valence-corrected chi connectivity index (χ4v) is 6.92. The molecule has 352 valence electrons. The standard InChI is InChI=1S/C46H65ClN6O11/c1-46(2,3)64-45(55)51-36-9-7-35(8-10-36)50-43-39(44(48)52-41-14-11-37(54)30-40(41)47)31-49-53-32-34(29-42(43)53)33-5-12-38(13-6-33)63-28-27-62-26-25-61-24-23-60-22-21-59-20-19-58-18-17-57-16-15-56-4/h5-6,11-14,29-32,35-36,50,54H,7-10,15-28H2,1-4H3,(H2,48,52)(H,51,55)/t35-,36-. The molecule has 0 unspecified atom stereocenters. The number of phenols is 1. The Bertz CT molecular complexity index is 2020. The van der Waals surface area contributed by atoms with Gasteiger partial charge >= 0.3 is 6.09 Å². The van der Waals surface area contributed by atoms with Crippen LogP contribution in [-0.4, -0.2) is 144 Å². The molecule has 17 nitrogen and oxygen atoms in total. The maximum absolute atomic E-state index is 12.4. The van der Waals surface area contributed by atoms with E-state index in [2.05, 4.69) is 21.7 Å². The number of amides is 1. The third kappa shape index (κ3) is 17.7. The first-order chi connectivity index (χ1) is 31.0. The zero-order chi connectivity index (χ0) is 45.6. The summed E-state index contributed by atoms with van der Waals surface area (Å²) in [6, 6.07) is 14.6. The number of methoxy groups -OCH3 is 1. The van der Waals surface area contributed by atoms with Crippen molar-refractivity contribution in [3.05, 3.63) is 71.5 Å². The van der Waals surface area contributed by atoms with E-state index in [9.17, 15) is 9.90 Å². The third-order valence-corrected chi connectivity index (χ3v) is 10.2. The fourth-order valence-electron chi connectivity index (χ4n) is 6.70. The number of aliphatic imine (C=N–C) groups is 1. The van der Waals surface area contributed by atoms with Gasteiger partial charge in [0, 0.05) is 37.0 Å². The second kappa shape index (κ2) is 26.9. The monoisotopic (exact) mass is 912 g/mol. The third-order valence-electron chi connectivity index (χ3n) is 9.86. The molecule has 2 aromatic carbocycles. The largest absolute Gasteiger partial charge is 0.508 e. The number of rotatable bonds is 28. The van der Waals surface area contributed by atoms with Crippen molar-refractivity contribution < 1.29 is 52.5 Å². The summed E-state index contributed by atoms with van der Waals surface area (Å²) in [5.41, 5.74) is 10.6. The van der Waals surface area contributed by atoms with Crippen molar-refractivity contribution in [1.29, 1.82) is 0 Å². The van der Waals surface area contributed by atoms with Gasteiger partial charge in [-0.3, -0.25) is 0 Å². The molecule has 5 N–H and O–H groups in total. The predicted molar refractivity (Wildman–Crippen MR) is 245 cm³/mol. The Morgan fingerprint density at radius 3 is 1.88 bits per heavy atom. The van der Waals surface area contributed by atoms with Gasteiger partial charge in [-0.25, -0.2) is 14.3 Å². The lowest BCUT2D eigenvalue weighted by Crippen LogP contribution is -2.42. The summed E-state index contributed by atoms with van der Waals surface area (Å²) in [4.78, 5) is 17.1. The Balaban J connectivity index is 1.06. The van der Waals surface area contributed by atoms with Crippen LogP contribution < -0.4 is 21.1 Å². The van der Waals surface area contributed by atoms with Gasteiger partial charge in [-0.1, -0.05) is 23.7 Å². The van der Waals surface area contributed by atoms with Gasteiger partial charge in [-0.2, -0.15) is 5.10 Å². The van der Waals surface area contributed by atoms with E-state index < -0.39 is 11.7 Å². The summed E-state index contributed by atoms with van der Waals surface area (Å²) in [5.74, 6) is 0.966. The van der Waals surface area contributed by atoms with E-state index in [1.165, 1.54) is 12.1 Å². The molecular weight excluding hydrogens is 848 g/mol. The van der Waals surface area contributed by atoms with Crippen molar-refractivity contribution in [3.8, 4) is 22.6 Å². The second-order valence-electron chi connectivity index (χ2n) is 16.0. The van der Waals surface area contributed by atoms with Gasteiger partial charge in [0.1, 0.15) is 29.5 Å². The van der Waals surface area contributed by atoms with Gasteiger partial charge < -0.3 is 64.1 Å². The summed E-state index contributed by atoms with van der Waals surface area (Å²) in [6.07, 6.45) is 6.42. The van der Waals surface area contributed by atoms with E-state index in [-0.39, 0.29) is 28.7 Å². The number of hydrogen-bond donors (Lipinski definition) is 4. The summed E-state index contributed by atoms with van der Waals surface area (Å²) in [6.45, 7) is 12.5. The number of nitrogens with one attached hydrogen (secondary N) is 2. The first-order valence-electron chi connectivity index (χ1n) is 21.8. The van der Waals surface area contributed by atoms with E-state index >= 15 is 0 Å². The van der Waals surface area contributed by atoms with Gasteiger partial charge in [0.2, 0.25) is 0 Å². The fraction of sp³-hybridized carbons (Fsp3) is 0.543. The van der Waals surface area contributed by atoms with Gasteiger partial charge in [-0.05, 0) is 82.3 Å². The van der Waals surface area contributed by atoms with Crippen LogP contribution in [0, 0.1) is 0 Å². The first-order valence-corrected chi connectivity index (χ1v) is 22.2. The van der Waals surface area contributed by atoms with E-state index in [1.807, 2.05) is 55.7 Å². The zero-order valence-electron chi connectivity index (χ0n) is 37.5. The summed E-state index contributed by atoms with van der Waals surface area (Å²) in [5, 5.41) is 21.6. The van der Waals surface area contributed by atoms with Crippen LogP contribution in [0.25, 0.3) is 16.6 Å². The van der Waals surface area contributed by atoms with E-state index in [1.54, 1.807) is 19.4 Å². The Labute approximate surface area is 380 Å². The number of alkyl carbamates (subject to hydrolysis) is 1. The van der Waals surface area contributed by atoms with Crippen LogP contribution >= 0.6 is 11.6 Å². The zero-order valence-corrected chi connectivity index (χ0v) is 38.2. The maximum atomic E-state index is 12.4. The lowest BCUT2D eigenvalue weighted by atomic mass is 9.91. The van der Waals surface area contributed by atoms with Gasteiger partial charge in [-0.15, -0.1) is 0 Å². The van der Waals surface area contributed by atoms with E-state index in [0.29, 0.717) is 104 Å². The lowest BCUT2D eigenvalue weighted by molar-refractivity contribution is -0.0199. The molecule has 1 aliphatic rings. The molecule has 0 spiro atoms. The van der Waals surface area contributed by atoms with Crippen molar-refractivity contribution in [1.82, 2.24) is 14.9 Å². The molecule has 2 heterocycles. The number of aromatic hydroxyl groups is 1. The SMILES string of the molecule is COCCOCCOCCOCCOCCOCCOCCOc1ccc(-c2cc3c(N[C@H]4CC[C@H](NC(=O)OC(C)(C)C)CC4)c(/C(N)=N/c4ccc(O)cc4Cl)cnn3c2)cc1. The molecule has 1 fully saturated rings. The van der Waals surface area contributed by atoms with Crippen LogP contribution in [0.15, 0.2) is 65.9 Å². The molecule has 18 heteroatoms. The molecule has 4 aromatic rings. The van der Waals surface area contributed by atoms with Crippen molar-refractivity contribution in [2.45, 2.75) is 64.1 Å². The molecule has 0 aliphatic heterocycles. The number of anilines is 1. The number of phenolic OH excluding ortho intramolecular Hbond substituents is 1. The second-order valence-corrected chi connectivity index (χ2v) is 16.4. The summed E-state index contributed by atoms with van der Waals surface area (Å²) in [7, 11) is 1.64. The number of amidine groups is 1. The molecule has 0 saturated heterocycles. The normalized spacial score (nSPS) is 15.7. The number of benzene rings is 2. The number of carbonyl (C=O) groups excluding carboxylic acids is 1. The number of halogens is 1. The van der Waals surface area contributed by atoms with Crippen LogP contribution in [0.4, 0.5) is 16.2 Å². The quantitative estimate of drug-likeness (QED) is 0.0264. The minimum atomic E-state index is -0.565. The molecule has 5 rings (SSSR count). The maximum Gasteiger partial charge on any atom is 0.407 e. The minimum absolute atomic E-state index is 0.0155. The Morgan fingerprint density at radius 2 is 1.33 bits per heavy atom. The molecule has 0 bridgehead atoms. The highest BCUT2D eigenvalue weighted by molar-refractivity contribution is 6.33. The van der Waals surface area contributed by atoms with Gasteiger partial charge in [0.15, 0.2) is 0 Å². The molecular formula is C46H65ClN6O11. The smallest absolute Gasteiger partial charge is 0.407 e. The van der Waals surface area contributed by atoms with Gasteiger partial charge in [0.05, 0.1) is 120 Å². The van der Waals surface area contributed by atoms with Crippen LogP contribution in [0.5, 0.6) is 11.5 Å². The highest BCUT2D eigenvalue weighted by atomic mass is 35.5. The molecule has 2 aromatic heterocycles. The number of aromatic nitrogens is 2. The Morgan fingerprint density at radius 1 is 0.781 bits per heavy atom. The summed E-state index contributed by atoms with van der Waals surface area (Å²) < 4.78 is 51.2. The molecule has 1 amide bonds. The predicted octanol–water partition coefficient (Wildman–Crippen LogP) is 6.77. The number of nitrogens with two attached hydrogens (primary N) is 1. The molecule has 1 saturated carbocycles. The van der Waals surface area contributed by atoms with E-state index in [4.69, 9.17) is 65.1 Å². The minimum Gasteiger partial charge on any atom is -0.508 e. The number of ether oxygens (including phenoxy) is 9. The highest BCUT2D eigenvalue weighted by Gasteiger charge is 2.26. The van der Waals surface area contributed by atoms with E-state index in [0.717, 1.165) is 53.8 Å². The summed E-state index contributed by atoms with van der Waals surface area (Å²) >= 11 is 6.39. The molecule has 0 radical (unpaired) electrons. The number of fused-ring (bicyclic) bond motifs is 1. The van der Waals surface area contributed by atoms with Crippen molar-refractivity contribution in [2.75, 3.05) is 105 Å². The van der Waals surface area contributed by atoms with Crippen molar-refractivity contribution in [3.63, 3.8) is 0 Å². The van der Waals surface area contributed by atoms with Crippen LogP contribution in [-0.2, 0) is 37.9 Å². The van der Waals surface area contributed by atoms with Crippen molar-refractivity contribution in [2.24, 2.45) is 10.7 Å². The molecule has 64 heavy (non-hydrogen) atoms. The molecule has 0 atom stereocenters. The number of hydrogen-bond acceptors (Lipinski definition) is 14. The molecule has 1 aliphatic carbocycles. The lowest BCUT2D eigenvalue weighted by Gasteiger charge is -2.31. The topological polar surface area (TPSA) is 200 Å². The average molecular weight is 914 g/mol. The highest BCUT2D eigenvalue weighted by Crippen LogP contribution is 2.34. The Kier molecular flexibility index (Phi) is 21.2. The average Bonchev–Trinajstić information content (AvgIpc) is 3.70. The first kappa shape index (κ1) is 50.3. The van der Waals surface area contributed by atoms with Crippen LogP contribution in [0.1, 0.15) is 52.0 Å². The van der Waals surface area contributed by atoms with Crippen LogP contribution in [0.2, 0.25) is 5.02 Å². The number of carbonyl (C=O) groups is 1. The Hall–Kier alpha value is -4.72.